The van der Waals surface area contributed by atoms with E-state index in [2.05, 4.69) is 10.1 Å². The van der Waals surface area contributed by atoms with Crippen molar-refractivity contribution >= 4 is 11.9 Å². The number of methoxy groups -OCH3 is 1. The van der Waals surface area contributed by atoms with Gasteiger partial charge in [0.05, 0.1) is 17.9 Å². The molecule has 78 valence electrons. The zero-order chi connectivity index (χ0) is 10.4. The summed E-state index contributed by atoms with van der Waals surface area (Å²) < 4.78 is 4.68. The van der Waals surface area contributed by atoms with Crippen LogP contribution in [0.4, 0.5) is 0 Å². The van der Waals surface area contributed by atoms with Gasteiger partial charge in [-0.1, -0.05) is 0 Å². The van der Waals surface area contributed by atoms with Crippen LogP contribution in [0.15, 0.2) is 0 Å². The molecule has 1 saturated carbocycles. The number of rotatable bonds is 2. The zero-order valence-electron chi connectivity index (χ0n) is 8.00. The molecule has 2 heterocycles. The Kier molecular flexibility index (Phi) is 1.82. The molecule has 3 rings (SSSR count). The Morgan fingerprint density at radius 1 is 1.29 bits per heavy atom. The van der Waals surface area contributed by atoms with E-state index in [9.17, 15) is 9.59 Å². The van der Waals surface area contributed by atoms with Crippen molar-refractivity contribution in [2.75, 3.05) is 20.2 Å². The highest BCUT2D eigenvalue weighted by molar-refractivity contribution is 5.86. The van der Waals surface area contributed by atoms with Gasteiger partial charge < -0.3 is 15.2 Å². The number of piperidine rings is 2. The lowest BCUT2D eigenvalue weighted by Gasteiger charge is -2.56. The van der Waals surface area contributed by atoms with Gasteiger partial charge in [-0.3, -0.25) is 9.59 Å². The van der Waals surface area contributed by atoms with Crippen molar-refractivity contribution < 1.29 is 19.4 Å². The topological polar surface area (TPSA) is 75.6 Å². The number of aliphatic carboxylic acids is 1. The highest BCUT2D eigenvalue weighted by atomic mass is 16.5. The summed E-state index contributed by atoms with van der Waals surface area (Å²) in [6.45, 7) is 0.996. The van der Waals surface area contributed by atoms with Gasteiger partial charge in [-0.25, -0.2) is 0 Å². The summed E-state index contributed by atoms with van der Waals surface area (Å²) in [6.07, 6.45) is 0.823. The van der Waals surface area contributed by atoms with Crippen molar-refractivity contribution in [1.82, 2.24) is 5.32 Å². The van der Waals surface area contributed by atoms with Crippen LogP contribution in [-0.2, 0) is 14.3 Å². The molecule has 3 fully saturated rings. The average Bonchev–Trinajstić information content (AvgIpc) is 2.15. The lowest BCUT2D eigenvalue weighted by atomic mass is 9.50. The summed E-state index contributed by atoms with van der Waals surface area (Å²) in [4.78, 5) is 22.4. The normalized spacial score (nSPS) is 39.8. The molecule has 0 unspecified atom stereocenters. The van der Waals surface area contributed by atoms with Gasteiger partial charge in [0.25, 0.3) is 0 Å². The van der Waals surface area contributed by atoms with Crippen LogP contribution in [0.3, 0.4) is 0 Å². The molecule has 2 bridgehead atoms. The van der Waals surface area contributed by atoms with Gasteiger partial charge in [-0.15, -0.1) is 0 Å². The Bertz CT molecular complexity index is 293. The van der Waals surface area contributed by atoms with E-state index >= 15 is 0 Å². The van der Waals surface area contributed by atoms with E-state index in [4.69, 9.17) is 5.11 Å². The molecule has 0 aromatic heterocycles. The molecule has 0 amide bonds. The Morgan fingerprint density at radius 2 is 1.86 bits per heavy atom. The highest BCUT2D eigenvalue weighted by Crippen LogP contribution is 2.57. The maximum atomic E-state index is 11.4. The maximum absolute atomic E-state index is 11.4. The summed E-state index contributed by atoms with van der Waals surface area (Å²) in [7, 11) is 1.34. The fraction of sp³-hybridized carbons (Fsp3) is 0.778. The number of hydrogen-bond acceptors (Lipinski definition) is 4. The van der Waals surface area contributed by atoms with Crippen molar-refractivity contribution in [2.24, 2.45) is 10.8 Å². The molecule has 0 spiro atoms. The van der Waals surface area contributed by atoms with Crippen LogP contribution < -0.4 is 5.32 Å². The van der Waals surface area contributed by atoms with Gasteiger partial charge in [0.2, 0.25) is 0 Å². The van der Waals surface area contributed by atoms with E-state index in [1.54, 1.807) is 0 Å². The molecular formula is C9H13NO4. The van der Waals surface area contributed by atoms with Gasteiger partial charge >= 0.3 is 11.9 Å². The predicted molar refractivity (Wildman–Crippen MR) is 46.6 cm³/mol. The fourth-order valence-corrected chi connectivity index (χ4v) is 2.69. The van der Waals surface area contributed by atoms with Gasteiger partial charge in [-0.2, -0.15) is 0 Å². The smallest absolute Gasteiger partial charge is 0.313 e. The second-order valence-electron chi connectivity index (χ2n) is 4.31. The van der Waals surface area contributed by atoms with Gasteiger partial charge in [0.15, 0.2) is 0 Å². The minimum absolute atomic E-state index is 0.290. The number of ether oxygens (including phenoxy) is 1. The SMILES string of the molecule is COC(=O)C12CNCC(C(=O)O)(C1)C2. The molecule has 0 aromatic rings. The quantitative estimate of drug-likeness (QED) is 0.592. The van der Waals surface area contributed by atoms with Crippen LogP contribution in [0.2, 0.25) is 0 Å². The second kappa shape index (κ2) is 2.70. The summed E-state index contributed by atoms with van der Waals surface area (Å²) >= 11 is 0. The van der Waals surface area contributed by atoms with Crippen molar-refractivity contribution in [1.29, 1.82) is 0 Å². The third-order valence-electron chi connectivity index (χ3n) is 3.35. The minimum atomic E-state index is -0.816. The highest BCUT2D eigenvalue weighted by Gasteiger charge is 2.65. The summed E-state index contributed by atoms with van der Waals surface area (Å²) in [5, 5.41) is 12.0. The molecule has 5 nitrogen and oxygen atoms in total. The van der Waals surface area contributed by atoms with Crippen molar-refractivity contribution in [3.05, 3.63) is 0 Å². The molecule has 0 aromatic carbocycles. The molecule has 2 aliphatic heterocycles. The first-order valence-electron chi connectivity index (χ1n) is 4.57. The van der Waals surface area contributed by atoms with Crippen molar-refractivity contribution in [2.45, 2.75) is 12.8 Å². The third-order valence-corrected chi connectivity index (χ3v) is 3.35. The zero-order valence-corrected chi connectivity index (χ0v) is 8.00. The van der Waals surface area contributed by atoms with Crippen LogP contribution in [0, 0.1) is 10.8 Å². The van der Waals surface area contributed by atoms with Crippen LogP contribution in [0.5, 0.6) is 0 Å². The summed E-state index contributed by atoms with van der Waals surface area (Å²) in [5.74, 6) is -1.11. The maximum Gasteiger partial charge on any atom is 0.313 e. The largest absolute Gasteiger partial charge is 0.481 e. The minimum Gasteiger partial charge on any atom is -0.481 e. The summed E-state index contributed by atoms with van der Waals surface area (Å²) in [6, 6.07) is 0. The van der Waals surface area contributed by atoms with E-state index in [-0.39, 0.29) is 5.97 Å². The van der Waals surface area contributed by atoms with Crippen LogP contribution in [-0.4, -0.2) is 37.2 Å². The monoisotopic (exact) mass is 199 g/mol. The number of carbonyl (C=O) groups is 2. The number of carbonyl (C=O) groups excluding carboxylic acids is 1. The Morgan fingerprint density at radius 3 is 2.36 bits per heavy atom. The molecular weight excluding hydrogens is 186 g/mol. The van der Waals surface area contributed by atoms with Crippen molar-refractivity contribution in [3.63, 3.8) is 0 Å². The molecule has 5 heteroatoms. The number of carboxylic acids is 1. The lowest BCUT2D eigenvalue weighted by molar-refractivity contribution is -0.188. The molecule has 14 heavy (non-hydrogen) atoms. The lowest BCUT2D eigenvalue weighted by Crippen LogP contribution is -2.67. The van der Waals surface area contributed by atoms with Crippen LogP contribution in [0.1, 0.15) is 12.8 Å². The van der Waals surface area contributed by atoms with Gasteiger partial charge in [0.1, 0.15) is 0 Å². The van der Waals surface area contributed by atoms with Crippen LogP contribution >= 0.6 is 0 Å². The number of esters is 1. The predicted octanol–water partition coefficient (Wildman–Crippen LogP) is -0.386. The first-order chi connectivity index (χ1) is 6.55. The second-order valence-corrected chi connectivity index (χ2v) is 4.31. The molecule has 2 saturated heterocycles. The van der Waals surface area contributed by atoms with Gasteiger partial charge in [0, 0.05) is 13.1 Å². The third kappa shape index (κ3) is 0.987. The Labute approximate surface area is 81.4 Å². The molecule has 0 radical (unpaired) electrons. The van der Waals surface area contributed by atoms with E-state index in [1.165, 1.54) is 7.11 Å². The standard InChI is InChI=1S/C9H13NO4/c1-14-7(13)9-2-8(3-9,6(11)12)4-10-5-9/h10H,2-5H2,1H3,(H,11,12). The van der Waals surface area contributed by atoms with E-state index in [1.807, 2.05) is 0 Å². The van der Waals surface area contributed by atoms with E-state index in [0.717, 1.165) is 0 Å². The first-order valence-corrected chi connectivity index (χ1v) is 4.57. The number of nitrogens with one attached hydrogen (secondary N) is 1. The fourth-order valence-electron chi connectivity index (χ4n) is 2.69. The number of carboxylic acid groups (broad SMARTS) is 1. The number of fused-ring (bicyclic) bond motifs is 2. The van der Waals surface area contributed by atoms with Crippen molar-refractivity contribution in [3.8, 4) is 0 Å². The van der Waals surface area contributed by atoms with Crippen LogP contribution in [0.25, 0.3) is 0 Å². The Balaban J connectivity index is 2.16. The average molecular weight is 199 g/mol. The van der Waals surface area contributed by atoms with E-state index < -0.39 is 16.8 Å². The van der Waals surface area contributed by atoms with E-state index in [0.29, 0.717) is 25.9 Å². The molecule has 3 aliphatic rings. The molecule has 2 N–H and O–H groups in total. The Hall–Kier alpha value is -1.10. The summed E-state index contributed by atoms with van der Waals surface area (Å²) in [5.41, 5.74) is -1.31. The first kappa shape index (κ1) is 9.45. The van der Waals surface area contributed by atoms with Gasteiger partial charge in [-0.05, 0) is 12.8 Å². The molecule has 1 aliphatic carbocycles. The molecule has 0 atom stereocenters. The number of hydrogen-bond donors (Lipinski definition) is 2.